The maximum atomic E-state index is 6.31. The average Bonchev–Trinajstić information content (AvgIpc) is 3.83. The lowest BCUT2D eigenvalue weighted by Gasteiger charge is -2.29. The fraction of sp³-hybridized carbons (Fsp3) is 0.0492. The molecule has 0 aliphatic heterocycles. The summed E-state index contributed by atoms with van der Waals surface area (Å²) in [5.41, 5.74) is 19.8. The molecule has 1 aromatic heterocycles. The summed E-state index contributed by atoms with van der Waals surface area (Å²) >= 11 is 0. The first-order valence-electron chi connectivity index (χ1n) is 21.8. The molecule has 1 aliphatic rings. The van der Waals surface area contributed by atoms with E-state index >= 15 is 0 Å². The largest absolute Gasteiger partial charge is 0.456 e. The molecule has 0 amide bonds. The predicted molar refractivity (Wildman–Crippen MR) is 265 cm³/mol. The first kappa shape index (κ1) is 36.9. The highest BCUT2D eigenvalue weighted by molar-refractivity contribution is 6.07. The third-order valence-electron chi connectivity index (χ3n) is 13.3. The summed E-state index contributed by atoms with van der Waals surface area (Å²) in [5, 5.41) is 4.73. The smallest absolute Gasteiger partial charge is 0.136 e. The molecule has 12 rings (SSSR count). The maximum Gasteiger partial charge on any atom is 0.136 e. The number of furan rings is 1. The minimum Gasteiger partial charge on any atom is -0.456 e. The van der Waals surface area contributed by atoms with Crippen LogP contribution in [-0.2, 0) is 5.41 Å². The number of benzene rings is 10. The SMILES string of the molecule is CC1(C)c2cc(-c3ccc4c(c3)oc3ccccc34)ccc2-c2ccc(N(c3ccc(-c4cccc(-c5ccccc5)c4)cc3)c3ccc(-c4ccccc4)c4ccccc34)cc21. The molecule has 0 N–H and O–H groups in total. The maximum absolute atomic E-state index is 6.31. The molecule has 0 saturated carbocycles. The van der Waals surface area contributed by atoms with Crippen LogP contribution in [0.2, 0.25) is 0 Å². The number of nitrogens with zero attached hydrogens (tertiary/aromatic N) is 1. The Bertz CT molecular complexity index is 3520. The van der Waals surface area contributed by atoms with Gasteiger partial charge >= 0.3 is 0 Å². The van der Waals surface area contributed by atoms with Gasteiger partial charge in [0.05, 0.1) is 5.69 Å². The van der Waals surface area contributed by atoms with E-state index in [0.717, 1.165) is 44.6 Å². The zero-order valence-electron chi connectivity index (χ0n) is 35.2. The second kappa shape index (κ2) is 14.6. The van der Waals surface area contributed by atoms with Crippen LogP contribution in [0.3, 0.4) is 0 Å². The second-order valence-corrected chi connectivity index (χ2v) is 17.3. The molecular formula is C61H43NO. The van der Waals surface area contributed by atoms with Gasteiger partial charge in [-0.3, -0.25) is 0 Å². The van der Waals surface area contributed by atoms with Crippen molar-refractivity contribution in [1.82, 2.24) is 0 Å². The van der Waals surface area contributed by atoms with E-state index < -0.39 is 0 Å². The summed E-state index contributed by atoms with van der Waals surface area (Å²) in [4.78, 5) is 2.45. The van der Waals surface area contributed by atoms with Crippen LogP contribution < -0.4 is 4.90 Å². The monoisotopic (exact) mass is 805 g/mol. The molecule has 2 heteroatoms. The average molecular weight is 806 g/mol. The highest BCUT2D eigenvalue weighted by atomic mass is 16.3. The van der Waals surface area contributed by atoms with Crippen molar-refractivity contribution in [3.8, 4) is 55.6 Å². The van der Waals surface area contributed by atoms with Gasteiger partial charge in [-0.2, -0.15) is 0 Å². The lowest BCUT2D eigenvalue weighted by atomic mass is 9.81. The number of para-hydroxylation sites is 1. The number of anilines is 3. The van der Waals surface area contributed by atoms with Crippen LogP contribution in [0.4, 0.5) is 17.1 Å². The molecule has 0 bridgehead atoms. The van der Waals surface area contributed by atoms with Crippen LogP contribution in [-0.4, -0.2) is 0 Å². The molecule has 0 atom stereocenters. The molecule has 1 aliphatic carbocycles. The normalized spacial score (nSPS) is 12.7. The van der Waals surface area contributed by atoms with Gasteiger partial charge in [0.2, 0.25) is 0 Å². The van der Waals surface area contributed by atoms with E-state index in [9.17, 15) is 0 Å². The Morgan fingerprint density at radius 2 is 0.825 bits per heavy atom. The highest BCUT2D eigenvalue weighted by Gasteiger charge is 2.36. The van der Waals surface area contributed by atoms with Crippen LogP contribution in [0, 0.1) is 0 Å². The number of hydrogen-bond acceptors (Lipinski definition) is 2. The zero-order valence-corrected chi connectivity index (χ0v) is 35.2. The Hall–Kier alpha value is -7.94. The summed E-state index contributed by atoms with van der Waals surface area (Å²) in [7, 11) is 0. The molecule has 0 unspecified atom stereocenters. The van der Waals surface area contributed by atoms with E-state index in [2.05, 4.69) is 231 Å². The van der Waals surface area contributed by atoms with Crippen LogP contribution >= 0.6 is 0 Å². The van der Waals surface area contributed by atoms with Gasteiger partial charge in [-0.15, -0.1) is 0 Å². The lowest BCUT2D eigenvalue weighted by Crippen LogP contribution is -2.17. The van der Waals surface area contributed by atoms with Crippen molar-refractivity contribution < 1.29 is 4.42 Å². The number of hydrogen-bond donors (Lipinski definition) is 0. The number of fused-ring (bicyclic) bond motifs is 7. The fourth-order valence-electron chi connectivity index (χ4n) is 10.0. The van der Waals surface area contributed by atoms with Gasteiger partial charge < -0.3 is 9.32 Å². The summed E-state index contributed by atoms with van der Waals surface area (Å²) in [6.45, 7) is 4.75. The van der Waals surface area contributed by atoms with E-state index in [1.165, 1.54) is 72.0 Å². The third kappa shape index (κ3) is 6.17. The Morgan fingerprint density at radius 3 is 1.59 bits per heavy atom. The van der Waals surface area contributed by atoms with Crippen molar-refractivity contribution in [3.05, 3.63) is 236 Å². The molecule has 0 fully saturated rings. The third-order valence-corrected chi connectivity index (χ3v) is 13.3. The predicted octanol–water partition coefficient (Wildman–Crippen LogP) is 17.2. The molecule has 0 radical (unpaired) electrons. The van der Waals surface area contributed by atoms with E-state index in [1.54, 1.807) is 0 Å². The minimum atomic E-state index is -0.237. The molecule has 63 heavy (non-hydrogen) atoms. The van der Waals surface area contributed by atoms with Crippen molar-refractivity contribution in [1.29, 1.82) is 0 Å². The molecule has 1 heterocycles. The van der Waals surface area contributed by atoms with Crippen molar-refractivity contribution in [2.45, 2.75) is 19.3 Å². The molecule has 0 spiro atoms. The summed E-state index contributed by atoms with van der Waals surface area (Å²) in [5.74, 6) is 0. The first-order chi connectivity index (χ1) is 31.0. The van der Waals surface area contributed by atoms with E-state index in [4.69, 9.17) is 4.42 Å². The van der Waals surface area contributed by atoms with Crippen molar-refractivity contribution in [3.63, 3.8) is 0 Å². The van der Waals surface area contributed by atoms with E-state index in [0.29, 0.717) is 0 Å². The van der Waals surface area contributed by atoms with Crippen molar-refractivity contribution in [2.24, 2.45) is 0 Å². The van der Waals surface area contributed by atoms with E-state index in [-0.39, 0.29) is 5.41 Å². The number of rotatable bonds is 7. The molecule has 2 nitrogen and oxygen atoms in total. The van der Waals surface area contributed by atoms with Gasteiger partial charge in [0.1, 0.15) is 11.2 Å². The van der Waals surface area contributed by atoms with Crippen LogP contribution in [0.5, 0.6) is 0 Å². The fourth-order valence-corrected chi connectivity index (χ4v) is 10.0. The van der Waals surface area contributed by atoms with Crippen LogP contribution in [0.15, 0.2) is 229 Å². The van der Waals surface area contributed by atoms with Crippen molar-refractivity contribution in [2.75, 3.05) is 4.90 Å². The first-order valence-corrected chi connectivity index (χ1v) is 21.8. The highest BCUT2D eigenvalue weighted by Crippen LogP contribution is 2.52. The quantitative estimate of drug-likeness (QED) is 0.160. The lowest BCUT2D eigenvalue weighted by molar-refractivity contribution is 0.660. The van der Waals surface area contributed by atoms with E-state index in [1.807, 2.05) is 12.1 Å². The standard InChI is InChI=1S/C61H43NO/c1-61(2)56-37-45(46-27-32-55-54-22-11-12-23-59(54)63-60(55)38-46)26-31-51(56)52-33-30-48(39-57(52)61)62(58-35-34-49(42-16-7-4-8-17-42)50-20-9-10-21-53(50)58)47-28-24-41(25-29-47)44-19-13-18-43(36-44)40-14-5-3-6-15-40/h3-39H,1-2H3. The Labute approximate surface area is 368 Å². The second-order valence-electron chi connectivity index (χ2n) is 17.3. The molecule has 10 aromatic carbocycles. The Morgan fingerprint density at radius 1 is 0.317 bits per heavy atom. The summed E-state index contributed by atoms with van der Waals surface area (Å²) in [6.07, 6.45) is 0. The minimum absolute atomic E-state index is 0.237. The Balaban J connectivity index is 0.969. The van der Waals surface area contributed by atoms with Gasteiger partial charge in [-0.05, 0) is 133 Å². The van der Waals surface area contributed by atoms with Gasteiger partial charge in [-0.1, -0.05) is 178 Å². The van der Waals surface area contributed by atoms with Gasteiger partial charge in [0.15, 0.2) is 0 Å². The molecule has 11 aromatic rings. The van der Waals surface area contributed by atoms with Gasteiger partial charge in [-0.25, -0.2) is 0 Å². The molecule has 298 valence electrons. The van der Waals surface area contributed by atoms with Crippen molar-refractivity contribution >= 4 is 49.8 Å². The Kier molecular flexibility index (Phi) is 8.55. The summed E-state index contributed by atoms with van der Waals surface area (Å²) in [6, 6.07) is 81.7. The molecule has 0 saturated heterocycles. The van der Waals surface area contributed by atoms with Crippen LogP contribution in [0.25, 0.3) is 88.3 Å². The molecular weight excluding hydrogens is 763 g/mol. The topological polar surface area (TPSA) is 16.4 Å². The summed E-state index contributed by atoms with van der Waals surface area (Å²) < 4.78 is 6.31. The zero-order chi connectivity index (χ0) is 42.1. The van der Waals surface area contributed by atoms with Gasteiger partial charge in [0.25, 0.3) is 0 Å². The van der Waals surface area contributed by atoms with Gasteiger partial charge in [0, 0.05) is 32.9 Å². The van der Waals surface area contributed by atoms with Crippen LogP contribution in [0.1, 0.15) is 25.0 Å².